The van der Waals surface area contributed by atoms with Crippen molar-refractivity contribution in [3.63, 3.8) is 0 Å². The van der Waals surface area contributed by atoms with Gasteiger partial charge in [-0.1, -0.05) is 30.3 Å². The van der Waals surface area contributed by atoms with E-state index >= 15 is 0 Å². The van der Waals surface area contributed by atoms with Gasteiger partial charge in [-0.05, 0) is 29.0 Å². The van der Waals surface area contributed by atoms with E-state index in [4.69, 9.17) is 4.74 Å². The van der Waals surface area contributed by atoms with Gasteiger partial charge in [-0.2, -0.15) is 0 Å². The van der Waals surface area contributed by atoms with Crippen LogP contribution in [0, 0.1) is 0 Å². The van der Waals surface area contributed by atoms with E-state index in [9.17, 15) is 4.79 Å². The summed E-state index contributed by atoms with van der Waals surface area (Å²) in [5, 5.41) is 2.12. The predicted octanol–water partition coefficient (Wildman–Crippen LogP) is 2.62. The standard InChI is InChI=1S/C21H21N3O2/c1-26-19-15-17-7-3-2-6-16(17)14-18(19)21(25)24-12-10-23(11-13-24)20-8-4-5-9-22-20/h2-9,14-15H,10-13H2,1H3/p+1. The van der Waals surface area contributed by atoms with Gasteiger partial charge in [-0.25, -0.2) is 4.98 Å². The highest BCUT2D eigenvalue weighted by molar-refractivity contribution is 6.01. The van der Waals surface area contributed by atoms with Crippen molar-refractivity contribution in [3.8, 4) is 5.75 Å². The number of carbonyl (C=O) groups is 1. The average Bonchev–Trinajstić information content (AvgIpc) is 2.73. The van der Waals surface area contributed by atoms with E-state index in [-0.39, 0.29) is 5.91 Å². The van der Waals surface area contributed by atoms with Crippen molar-refractivity contribution in [2.75, 3.05) is 38.2 Å². The van der Waals surface area contributed by atoms with Crippen molar-refractivity contribution in [2.45, 2.75) is 0 Å². The topological polar surface area (TPSA) is 46.9 Å². The molecule has 1 amide bonds. The van der Waals surface area contributed by atoms with E-state index < -0.39 is 0 Å². The first-order valence-electron chi connectivity index (χ1n) is 8.84. The smallest absolute Gasteiger partial charge is 0.274 e. The number of nitrogens with zero attached hydrogens (tertiary/aromatic N) is 2. The summed E-state index contributed by atoms with van der Waals surface area (Å²) in [6, 6.07) is 17.9. The van der Waals surface area contributed by atoms with Crippen molar-refractivity contribution in [2.24, 2.45) is 0 Å². The average molecular weight is 348 g/mol. The normalized spacial score (nSPS) is 14.5. The molecule has 5 nitrogen and oxygen atoms in total. The number of anilines is 1. The van der Waals surface area contributed by atoms with Crippen molar-refractivity contribution < 1.29 is 14.5 Å². The van der Waals surface area contributed by atoms with Gasteiger partial charge in [-0.15, -0.1) is 0 Å². The highest BCUT2D eigenvalue weighted by atomic mass is 16.5. The fraction of sp³-hybridized carbons (Fsp3) is 0.238. The van der Waals surface area contributed by atoms with Crippen LogP contribution in [0.25, 0.3) is 10.8 Å². The number of hydrogen-bond donors (Lipinski definition) is 0. The maximum Gasteiger partial charge on any atom is 0.274 e. The maximum absolute atomic E-state index is 13.1. The molecule has 0 bridgehead atoms. The van der Waals surface area contributed by atoms with E-state index in [1.54, 1.807) is 7.11 Å². The minimum absolute atomic E-state index is 0.0318. The van der Waals surface area contributed by atoms with Crippen LogP contribution in [-0.4, -0.2) is 44.1 Å². The van der Waals surface area contributed by atoms with Gasteiger partial charge in [0.15, 0.2) is 0 Å². The number of methoxy groups -OCH3 is 1. The summed E-state index contributed by atoms with van der Waals surface area (Å²) in [5.41, 5.74) is 0.630. The number of benzene rings is 2. The van der Waals surface area contributed by atoms with Crippen LogP contribution in [-0.2, 0) is 0 Å². The monoisotopic (exact) mass is 348 g/mol. The molecule has 0 atom stereocenters. The third-order valence-corrected chi connectivity index (χ3v) is 4.90. The molecule has 1 aromatic heterocycles. The molecule has 1 aliphatic rings. The van der Waals surface area contributed by atoms with Crippen LogP contribution in [0.15, 0.2) is 60.8 Å². The van der Waals surface area contributed by atoms with Gasteiger partial charge >= 0.3 is 0 Å². The van der Waals surface area contributed by atoms with Crippen LogP contribution >= 0.6 is 0 Å². The molecule has 0 saturated carbocycles. The van der Waals surface area contributed by atoms with Crippen LogP contribution < -0.4 is 14.6 Å². The fourth-order valence-electron chi connectivity index (χ4n) is 3.46. The maximum atomic E-state index is 13.1. The summed E-state index contributed by atoms with van der Waals surface area (Å²) in [5.74, 6) is 1.75. The number of nitrogens with one attached hydrogen (secondary N) is 1. The number of H-pyrrole nitrogens is 1. The minimum atomic E-state index is 0.0318. The highest BCUT2D eigenvalue weighted by Crippen LogP contribution is 2.27. The second-order valence-electron chi connectivity index (χ2n) is 6.43. The lowest BCUT2D eigenvalue weighted by Gasteiger charge is -2.31. The van der Waals surface area contributed by atoms with Crippen molar-refractivity contribution >= 4 is 22.5 Å². The SMILES string of the molecule is COc1cc2ccccc2cc1C(=O)N1CCN(c2cccc[nH+]2)CC1. The number of ether oxygens (including phenoxy) is 1. The molecule has 0 unspecified atom stereocenters. The van der Waals surface area contributed by atoms with Crippen molar-refractivity contribution in [1.82, 2.24) is 4.90 Å². The van der Waals surface area contributed by atoms with Crippen LogP contribution in [0.1, 0.15) is 10.4 Å². The molecule has 2 heterocycles. The molecular weight excluding hydrogens is 326 g/mol. The van der Waals surface area contributed by atoms with Gasteiger partial charge in [-0.3, -0.25) is 9.69 Å². The zero-order valence-electron chi connectivity index (χ0n) is 14.8. The molecular formula is C21H22N3O2+. The summed E-state index contributed by atoms with van der Waals surface area (Å²) in [6.07, 6.45) is 1.92. The van der Waals surface area contributed by atoms with Gasteiger partial charge in [0.1, 0.15) is 18.8 Å². The van der Waals surface area contributed by atoms with E-state index in [1.165, 1.54) is 0 Å². The van der Waals surface area contributed by atoms with Crippen molar-refractivity contribution in [1.29, 1.82) is 0 Å². The Balaban J connectivity index is 1.54. The molecule has 1 saturated heterocycles. The minimum Gasteiger partial charge on any atom is -0.496 e. The van der Waals surface area contributed by atoms with E-state index in [2.05, 4.69) is 16.0 Å². The van der Waals surface area contributed by atoms with Crippen LogP contribution in [0.4, 0.5) is 5.82 Å². The third-order valence-electron chi connectivity index (χ3n) is 4.90. The molecule has 0 spiro atoms. The van der Waals surface area contributed by atoms with E-state index in [1.807, 2.05) is 59.6 Å². The molecule has 132 valence electrons. The summed E-state index contributed by atoms with van der Waals surface area (Å²) in [6.45, 7) is 3.00. The van der Waals surface area contributed by atoms with Gasteiger partial charge in [0.2, 0.25) is 0 Å². The Morgan fingerprint density at radius 3 is 2.31 bits per heavy atom. The Kier molecular flexibility index (Phi) is 4.44. The molecule has 2 aromatic carbocycles. The number of pyridine rings is 1. The molecule has 4 rings (SSSR count). The zero-order valence-corrected chi connectivity index (χ0v) is 14.8. The largest absolute Gasteiger partial charge is 0.496 e. The zero-order chi connectivity index (χ0) is 17.9. The summed E-state index contributed by atoms with van der Waals surface area (Å²) in [7, 11) is 1.62. The molecule has 1 aliphatic heterocycles. The number of fused-ring (bicyclic) bond motifs is 1. The first-order valence-corrected chi connectivity index (χ1v) is 8.84. The first kappa shape index (κ1) is 16.4. The number of rotatable bonds is 3. The lowest BCUT2D eigenvalue weighted by molar-refractivity contribution is -0.364. The molecule has 0 aliphatic carbocycles. The molecule has 26 heavy (non-hydrogen) atoms. The molecule has 1 N–H and O–H groups in total. The van der Waals surface area contributed by atoms with Crippen LogP contribution in [0.2, 0.25) is 0 Å². The lowest BCUT2D eigenvalue weighted by Crippen LogP contribution is -2.50. The number of amides is 1. The summed E-state index contributed by atoms with van der Waals surface area (Å²) >= 11 is 0. The molecule has 3 aromatic rings. The van der Waals surface area contributed by atoms with E-state index in [0.29, 0.717) is 24.4 Å². The van der Waals surface area contributed by atoms with Crippen LogP contribution in [0.3, 0.4) is 0 Å². The Labute approximate surface area is 152 Å². The molecule has 5 heteroatoms. The molecule has 0 radical (unpaired) electrons. The van der Waals surface area contributed by atoms with Gasteiger partial charge in [0.05, 0.1) is 32.0 Å². The predicted molar refractivity (Wildman–Crippen MR) is 102 cm³/mol. The Hall–Kier alpha value is -3.08. The lowest BCUT2D eigenvalue weighted by atomic mass is 10.0. The van der Waals surface area contributed by atoms with Crippen LogP contribution in [0.5, 0.6) is 5.75 Å². The second kappa shape index (κ2) is 7.04. The first-order chi connectivity index (χ1) is 12.8. The Morgan fingerprint density at radius 2 is 1.65 bits per heavy atom. The van der Waals surface area contributed by atoms with Gasteiger partial charge < -0.3 is 9.64 Å². The van der Waals surface area contributed by atoms with E-state index in [0.717, 1.165) is 29.7 Å². The third kappa shape index (κ3) is 3.08. The number of carbonyl (C=O) groups excluding carboxylic acids is 1. The van der Waals surface area contributed by atoms with Crippen molar-refractivity contribution in [3.05, 3.63) is 66.4 Å². The molecule has 1 fully saturated rings. The number of hydrogen-bond acceptors (Lipinski definition) is 3. The van der Waals surface area contributed by atoms with Gasteiger partial charge in [0, 0.05) is 6.07 Å². The summed E-state index contributed by atoms with van der Waals surface area (Å²) in [4.78, 5) is 20.5. The fourth-order valence-corrected chi connectivity index (χ4v) is 3.46. The number of aromatic nitrogens is 1. The van der Waals surface area contributed by atoms with Gasteiger partial charge in [0.25, 0.3) is 11.7 Å². The quantitative estimate of drug-likeness (QED) is 0.731. The summed E-state index contributed by atoms with van der Waals surface area (Å²) < 4.78 is 5.49. The Morgan fingerprint density at radius 1 is 0.962 bits per heavy atom. The number of piperazine rings is 1. The Bertz CT molecular complexity index is 919. The number of aromatic amines is 1. The highest BCUT2D eigenvalue weighted by Gasteiger charge is 2.28. The second-order valence-corrected chi connectivity index (χ2v) is 6.43.